The Morgan fingerprint density at radius 1 is 1.47 bits per heavy atom. The van der Waals surface area contributed by atoms with Crippen molar-refractivity contribution in [3.63, 3.8) is 0 Å². The average Bonchev–Trinajstić information content (AvgIpc) is 2.34. The van der Waals surface area contributed by atoms with Crippen LogP contribution in [0.3, 0.4) is 0 Å². The van der Waals surface area contributed by atoms with Crippen LogP contribution in [0.4, 0.5) is 0 Å². The van der Waals surface area contributed by atoms with Gasteiger partial charge in [-0.15, -0.1) is 0 Å². The molecule has 0 amide bonds. The molecule has 0 aliphatic heterocycles. The van der Waals surface area contributed by atoms with E-state index in [1.807, 2.05) is 12.1 Å². The highest BCUT2D eigenvalue weighted by atomic mass is 79.9. The van der Waals surface area contributed by atoms with Crippen molar-refractivity contribution in [2.45, 2.75) is 39.0 Å². The molecule has 0 heterocycles. The van der Waals surface area contributed by atoms with Crippen molar-refractivity contribution in [1.82, 2.24) is 0 Å². The Balaban J connectivity index is 2.86. The fourth-order valence-corrected chi connectivity index (χ4v) is 2.06. The van der Waals surface area contributed by atoms with Gasteiger partial charge in [-0.3, -0.25) is 0 Å². The summed E-state index contributed by atoms with van der Waals surface area (Å²) in [5, 5.41) is 8.64. The number of benzene rings is 1. The van der Waals surface area contributed by atoms with Gasteiger partial charge < -0.3 is 4.74 Å². The fraction of sp³-hybridized carbons (Fsp3) is 0.500. The second-order valence-corrected chi connectivity index (χ2v) is 5.04. The molecule has 0 fully saturated rings. The van der Waals surface area contributed by atoms with E-state index in [0.717, 1.165) is 29.7 Å². The summed E-state index contributed by atoms with van der Waals surface area (Å²) in [5.74, 6) is 1.29. The standard InChI is InChI=1S/C14H18BrNO/c1-3-9-17-14-7-6-12(15)10-13(14)11(2)5-4-8-16/h6-7,10-11H,3-5,9H2,1-2H3. The summed E-state index contributed by atoms with van der Waals surface area (Å²) >= 11 is 3.48. The van der Waals surface area contributed by atoms with Gasteiger partial charge in [-0.2, -0.15) is 5.26 Å². The van der Waals surface area contributed by atoms with Crippen LogP contribution in [-0.2, 0) is 0 Å². The molecule has 0 aromatic heterocycles. The van der Waals surface area contributed by atoms with E-state index in [1.165, 1.54) is 5.56 Å². The van der Waals surface area contributed by atoms with Crippen molar-refractivity contribution < 1.29 is 4.74 Å². The molecule has 1 unspecified atom stereocenters. The molecule has 0 spiro atoms. The zero-order valence-corrected chi connectivity index (χ0v) is 12.0. The lowest BCUT2D eigenvalue weighted by Crippen LogP contribution is -2.02. The highest BCUT2D eigenvalue weighted by Gasteiger charge is 2.12. The minimum absolute atomic E-state index is 0.346. The number of nitriles is 1. The van der Waals surface area contributed by atoms with Gasteiger partial charge in [-0.1, -0.05) is 29.8 Å². The molecular weight excluding hydrogens is 278 g/mol. The summed E-state index contributed by atoms with van der Waals surface area (Å²) in [4.78, 5) is 0. The van der Waals surface area contributed by atoms with Crippen LogP contribution in [0, 0.1) is 11.3 Å². The SMILES string of the molecule is CCCOc1ccc(Br)cc1C(C)CCC#N. The Kier molecular flexibility index (Phi) is 6.07. The Morgan fingerprint density at radius 2 is 2.24 bits per heavy atom. The van der Waals surface area contributed by atoms with Gasteiger partial charge in [0.05, 0.1) is 12.7 Å². The van der Waals surface area contributed by atoms with Crippen molar-refractivity contribution in [3.05, 3.63) is 28.2 Å². The van der Waals surface area contributed by atoms with Crippen molar-refractivity contribution in [2.75, 3.05) is 6.61 Å². The van der Waals surface area contributed by atoms with Gasteiger partial charge in [-0.05, 0) is 42.5 Å². The highest BCUT2D eigenvalue weighted by molar-refractivity contribution is 9.10. The molecule has 1 atom stereocenters. The van der Waals surface area contributed by atoms with E-state index in [2.05, 4.69) is 41.9 Å². The molecule has 0 aliphatic carbocycles. The molecule has 0 N–H and O–H groups in total. The monoisotopic (exact) mass is 295 g/mol. The lowest BCUT2D eigenvalue weighted by Gasteiger charge is -2.16. The Morgan fingerprint density at radius 3 is 2.88 bits per heavy atom. The number of halogens is 1. The summed E-state index contributed by atoms with van der Waals surface area (Å²) in [6.45, 7) is 4.97. The number of hydrogen-bond acceptors (Lipinski definition) is 2. The van der Waals surface area contributed by atoms with Gasteiger partial charge in [0.15, 0.2) is 0 Å². The molecular formula is C14H18BrNO. The minimum atomic E-state index is 0.346. The summed E-state index contributed by atoms with van der Waals surface area (Å²) in [6, 6.07) is 8.27. The average molecular weight is 296 g/mol. The Hall–Kier alpha value is -1.01. The first-order valence-electron chi connectivity index (χ1n) is 5.98. The first-order chi connectivity index (χ1) is 8.19. The molecule has 92 valence electrons. The van der Waals surface area contributed by atoms with Crippen LogP contribution in [0.2, 0.25) is 0 Å². The predicted molar refractivity (Wildman–Crippen MR) is 73.2 cm³/mol. The molecule has 2 nitrogen and oxygen atoms in total. The third-order valence-corrected chi connectivity index (χ3v) is 3.15. The van der Waals surface area contributed by atoms with E-state index in [1.54, 1.807) is 0 Å². The molecule has 0 radical (unpaired) electrons. The number of rotatable bonds is 6. The van der Waals surface area contributed by atoms with Gasteiger partial charge in [0.1, 0.15) is 5.75 Å². The predicted octanol–water partition coefficient (Wildman–Crippen LogP) is 4.65. The largest absolute Gasteiger partial charge is 0.493 e. The van der Waals surface area contributed by atoms with Gasteiger partial charge >= 0.3 is 0 Å². The zero-order chi connectivity index (χ0) is 12.7. The van der Waals surface area contributed by atoms with Crippen LogP contribution < -0.4 is 4.74 Å². The third-order valence-electron chi connectivity index (χ3n) is 2.65. The van der Waals surface area contributed by atoms with Gasteiger partial charge in [-0.25, -0.2) is 0 Å². The summed E-state index contributed by atoms with van der Waals surface area (Å²) < 4.78 is 6.79. The van der Waals surface area contributed by atoms with Crippen molar-refractivity contribution >= 4 is 15.9 Å². The quantitative estimate of drug-likeness (QED) is 0.765. The Labute approximate surface area is 112 Å². The number of nitrogens with zero attached hydrogens (tertiary/aromatic N) is 1. The molecule has 1 aromatic rings. The van der Waals surface area contributed by atoms with E-state index in [4.69, 9.17) is 10.00 Å². The van der Waals surface area contributed by atoms with Gasteiger partial charge in [0, 0.05) is 10.9 Å². The molecule has 0 bridgehead atoms. The smallest absolute Gasteiger partial charge is 0.122 e. The maximum atomic E-state index is 8.64. The molecule has 1 aromatic carbocycles. The summed E-state index contributed by atoms with van der Waals surface area (Å²) in [6.07, 6.45) is 2.46. The summed E-state index contributed by atoms with van der Waals surface area (Å²) in [7, 11) is 0. The van der Waals surface area contributed by atoms with Crippen LogP contribution in [0.25, 0.3) is 0 Å². The van der Waals surface area contributed by atoms with Gasteiger partial charge in [0.2, 0.25) is 0 Å². The minimum Gasteiger partial charge on any atom is -0.493 e. The lowest BCUT2D eigenvalue weighted by atomic mass is 9.95. The number of hydrogen-bond donors (Lipinski definition) is 0. The van der Waals surface area contributed by atoms with Crippen LogP contribution in [0.15, 0.2) is 22.7 Å². The first-order valence-corrected chi connectivity index (χ1v) is 6.77. The molecule has 0 saturated carbocycles. The van der Waals surface area contributed by atoms with E-state index in [-0.39, 0.29) is 0 Å². The van der Waals surface area contributed by atoms with Crippen molar-refractivity contribution in [2.24, 2.45) is 0 Å². The van der Waals surface area contributed by atoms with Crippen LogP contribution in [-0.4, -0.2) is 6.61 Å². The maximum Gasteiger partial charge on any atom is 0.122 e. The molecule has 0 aliphatic rings. The fourth-order valence-electron chi connectivity index (χ4n) is 1.68. The second-order valence-electron chi connectivity index (χ2n) is 4.13. The molecule has 3 heteroatoms. The first kappa shape index (κ1) is 14.1. The topological polar surface area (TPSA) is 33.0 Å². The van der Waals surface area contributed by atoms with Crippen LogP contribution in [0.1, 0.15) is 44.6 Å². The highest BCUT2D eigenvalue weighted by Crippen LogP contribution is 2.32. The van der Waals surface area contributed by atoms with E-state index in [9.17, 15) is 0 Å². The lowest BCUT2D eigenvalue weighted by molar-refractivity contribution is 0.312. The van der Waals surface area contributed by atoms with Crippen LogP contribution in [0.5, 0.6) is 5.75 Å². The third kappa shape index (κ3) is 4.40. The Bertz CT molecular complexity index is 398. The molecule has 1 rings (SSSR count). The van der Waals surface area contributed by atoms with E-state index in [0.29, 0.717) is 12.3 Å². The van der Waals surface area contributed by atoms with Crippen LogP contribution >= 0.6 is 15.9 Å². The van der Waals surface area contributed by atoms with Crippen molar-refractivity contribution in [3.8, 4) is 11.8 Å². The number of ether oxygens (including phenoxy) is 1. The molecule has 17 heavy (non-hydrogen) atoms. The van der Waals surface area contributed by atoms with Crippen molar-refractivity contribution in [1.29, 1.82) is 5.26 Å². The van der Waals surface area contributed by atoms with E-state index < -0.39 is 0 Å². The maximum absolute atomic E-state index is 8.64. The molecule has 0 saturated heterocycles. The zero-order valence-electron chi connectivity index (χ0n) is 10.4. The normalized spacial score (nSPS) is 11.9. The van der Waals surface area contributed by atoms with E-state index >= 15 is 0 Å². The van der Waals surface area contributed by atoms with Gasteiger partial charge in [0.25, 0.3) is 0 Å². The second kappa shape index (κ2) is 7.34. The summed E-state index contributed by atoms with van der Waals surface area (Å²) in [5.41, 5.74) is 1.18.